The first-order chi connectivity index (χ1) is 10.6. The van der Waals surface area contributed by atoms with Gasteiger partial charge in [0.05, 0.1) is 12.7 Å². The average Bonchev–Trinajstić information content (AvgIpc) is 2.92. The number of hydrogen-bond acceptors (Lipinski definition) is 2. The first-order valence-corrected chi connectivity index (χ1v) is 7.85. The van der Waals surface area contributed by atoms with Crippen LogP contribution in [-0.4, -0.2) is 48.3 Å². The molecule has 0 radical (unpaired) electrons. The average molecular weight is 301 g/mol. The summed E-state index contributed by atoms with van der Waals surface area (Å²) in [6.45, 7) is 6.71. The number of amides is 2. The zero-order valence-electron chi connectivity index (χ0n) is 13.2. The molecular formula is C17H23N3O2. The number of ether oxygens (including phenoxy) is 1. The molecule has 0 spiro atoms. The SMILES string of the molecule is Cc1cccc2[nH]cc(CCNC(=O)N3CCO[C@H](C)C3)c12. The minimum atomic E-state index is 0.00622. The molecule has 1 aromatic heterocycles. The number of nitrogens with one attached hydrogen (secondary N) is 2. The fraction of sp³-hybridized carbons (Fsp3) is 0.471. The number of H-pyrrole nitrogens is 1. The number of aryl methyl sites for hydroxylation is 1. The van der Waals surface area contributed by atoms with Gasteiger partial charge in [0.15, 0.2) is 0 Å². The molecule has 0 saturated carbocycles. The molecule has 2 heterocycles. The Hall–Kier alpha value is -2.01. The zero-order valence-corrected chi connectivity index (χ0v) is 13.2. The minimum Gasteiger partial charge on any atom is -0.375 e. The number of urea groups is 1. The van der Waals surface area contributed by atoms with E-state index in [1.165, 1.54) is 16.5 Å². The number of aromatic amines is 1. The van der Waals surface area contributed by atoms with E-state index in [1.54, 1.807) is 0 Å². The molecule has 0 aliphatic carbocycles. The van der Waals surface area contributed by atoms with Gasteiger partial charge in [-0.05, 0) is 37.5 Å². The first-order valence-electron chi connectivity index (χ1n) is 7.85. The molecule has 2 aromatic rings. The van der Waals surface area contributed by atoms with Crippen LogP contribution >= 0.6 is 0 Å². The number of rotatable bonds is 3. The van der Waals surface area contributed by atoms with E-state index in [2.05, 4.69) is 35.4 Å². The van der Waals surface area contributed by atoms with Crippen LogP contribution in [0.5, 0.6) is 0 Å². The van der Waals surface area contributed by atoms with Crippen LogP contribution in [0.3, 0.4) is 0 Å². The molecule has 5 heteroatoms. The van der Waals surface area contributed by atoms with Gasteiger partial charge in [0.1, 0.15) is 0 Å². The summed E-state index contributed by atoms with van der Waals surface area (Å²) in [5.41, 5.74) is 3.68. The van der Waals surface area contributed by atoms with Gasteiger partial charge in [0, 0.05) is 36.7 Å². The molecule has 22 heavy (non-hydrogen) atoms. The van der Waals surface area contributed by atoms with E-state index in [4.69, 9.17) is 4.74 Å². The lowest BCUT2D eigenvalue weighted by Crippen LogP contribution is -2.49. The van der Waals surface area contributed by atoms with E-state index < -0.39 is 0 Å². The van der Waals surface area contributed by atoms with E-state index in [0.717, 1.165) is 11.9 Å². The summed E-state index contributed by atoms with van der Waals surface area (Å²) in [7, 11) is 0. The smallest absolute Gasteiger partial charge is 0.317 e. The van der Waals surface area contributed by atoms with Gasteiger partial charge in [0.2, 0.25) is 0 Å². The lowest BCUT2D eigenvalue weighted by molar-refractivity contribution is -0.00342. The number of nitrogens with zero attached hydrogens (tertiary/aromatic N) is 1. The largest absolute Gasteiger partial charge is 0.375 e. The number of morpholine rings is 1. The zero-order chi connectivity index (χ0) is 15.5. The number of carbonyl (C=O) groups excluding carboxylic acids is 1. The van der Waals surface area contributed by atoms with Gasteiger partial charge in [-0.3, -0.25) is 0 Å². The Morgan fingerprint density at radius 3 is 3.18 bits per heavy atom. The Morgan fingerprint density at radius 2 is 2.36 bits per heavy atom. The molecule has 1 saturated heterocycles. The van der Waals surface area contributed by atoms with E-state index in [0.29, 0.717) is 26.2 Å². The van der Waals surface area contributed by atoms with Gasteiger partial charge in [-0.2, -0.15) is 0 Å². The van der Waals surface area contributed by atoms with Crippen molar-refractivity contribution in [1.29, 1.82) is 0 Å². The Morgan fingerprint density at radius 1 is 1.50 bits per heavy atom. The van der Waals surface area contributed by atoms with E-state index in [-0.39, 0.29) is 12.1 Å². The second kappa shape index (κ2) is 6.40. The third-order valence-corrected chi connectivity index (χ3v) is 4.19. The van der Waals surface area contributed by atoms with Crippen LogP contribution in [0.25, 0.3) is 10.9 Å². The maximum atomic E-state index is 12.2. The van der Waals surface area contributed by atoms with Crippen molar-refractivity contribution in [2.45, 2.75) is 26.4 Å². The quantitative estimate of drug-likeness (QED) is 0.915. The van der Waals surface area contributed by atoms with Crippen LogP contribution in [-0.2, 0) is 11.2 Å². The number of hydrogen-bond donors (Lipinski definition) is 2. The molecule has 1 fully saturated rings. The number of aromatic nitrogens is 1. The van der Waals surface area contributed by atoms with Gasteiger partial charge in [-0.15, -0.1) is 0 Å². The van der Waals surface area contributed by atoms with Crippen molar-refractivity contribution < 1.29 is 9.53 Å². The highest BCUT2D eigenvalue weighted by Crippen LogP contribution is 2.22. The maximum absolute atomic E-state index is 12.2. The molecular weight excluding hydrogens is 278 g/mol. The Kier molecular flexibility index (Phi) is 4.34. The summed E-state index contributed by atoms with van der Waals surface area (Å²) in [5.74, 6) is 0. The van der Waals surface area contributed by atoms with Crippen molar-refractivity contribution in [3.8, 4) is 0 Å². The van der Waals surface area contributed by atoms with Gasteiger partial charge in [-0.25, -0.2) is 4.79 Å². The Balaban J connectivity index is 1.57. The van der Waals surface area contributed by atoms with Crippen molar-refractivity contribution in [2.75, 3.05) is 26.2 Å². The molecule has 1 aliphatic rings. The summed E-state index contributed by atoms with van der Waals surface area (Å²) < 4.78 is 5.46. The second-order valence-corrected chi connectivity index (χ2v) is 5.92. The predicted molar refractivity (Wildman–Crippen MR) is 87.1 cm³/mol. The van der Waals surface area contributed by atoms with Crippen molar-refractivity contribution >= 4 is 16.9 Å². The van der Waals surface area contributed by atoms with Crippen LogP contribution in [0.1, 0.15) is 18.1 Å². The fourth-order valence-corrected chi connectivity index (χ4v) is 3.07. The normalized spacial score (nSPS) is 18.6. The topological polar surface area (TPSA) is 57.4 Å². The van der Waals surface area contributed by atoms with E-state index in [9.17, 15) is 4.79 Å². The first kappa shape index (κ1) is 14.9. The van der Waals surface area contributed by atoms with Crippen LogP contribution in [0.2, 0.25) is 0 Å². The molecule has 1 aliphatic heterocycles. The number of fused-ring (bicyclic) bond motifs is 1. The maximum Gasteiger partial charge on any atom is 0.317 e. The molecule has 1 atom stereocenters. The van der Waals surface area contributed by atoms with Crippen molar-refractivity contribution in [3.05, 3.63) is 35.5 Å². The third-order valence-electron chi connectivity index (χ3n) is 4.19. The van der Waals surface area contributed by atoms with Crippen molar-refractivity contribution in [2.24, 2.45) is 0 Å². The van der Waals surface area contributed by atoms with Gasteiger partial charge in [0.25, 0.3) is 0 Å². The Labute approximate surface area is 130 Å². The summed E-state index contributed by atoms with van der Waals surface area (Å²) in [5, 5.41) is 4.29. The molecule has 1 aromatic carbocycles. The van der Waals surface area contributed by atoms with E-state index >= 15 is 0 Å². The van der Waals surface area contributed by atoms with Gasteiger partial charge >= 0.3 is 6.03 Å². The molecule has 3 rings (SSSR count). The number of carbonyl (C=O) groups is 1. The molecule has 2 amide bonds. The lowest BCUT2D eigenvalue weighted by atomic mass is 10.1. The van der Waals surface area contributed by atoms with Crippen LogP contribution < -0.4 is 5.32 Å². The standard InChI is InChI=1S/C17H23N3O2/c1-12-4-3-5-15-16(12)14(10-19-15)6-7-18-17(21)20-8-9-22-13(2)11-20/h3-5,10,13,19H,6-9,11H2,1-2H3,(H,18,21)/t13-/m1/s1. The van der Waals surface area contributed by atoms with Crippen molar-refractivity contribution in [1.82, 2.24) is 15.2 Å². The van der Waals surface area contributed by atoms with Crippen LogP contribution in [0.4, 0.5) is 4.79 Å². The third kappa shape index (κ3) is 3.09. The molecule has 2 N–H and O–H groups in total. The van der Waals surface area contributed by atoms with Gasteiger partial charge < -0.3 is 19.9 Å². The number of benzene rings is 1. The van der Waals surface area contributed by atoms with Crippen LogP contribution in [0, 0.1) is 6.92 Å². The molecule has 0 bridgehead atoms. The second-order valence-electron chi connectivity index (χ2n) is 5.92. The monoisotopic (exact) mass is 301 g/mol. The fourth-order valence-electron chi connectivity index (χ4n) is 3.07. The molecule has 5 nitrogen and oxygen atoms in total. The van der Waals surface area contributed by atoms with E-state index in [1.807, 2.05) is 18.0 Å². The highest BCUT2D eigenvalue weighted by Gasteiger charge is 2.20. The minimum absolute atomic E-state index is 0.00622. The summed E-state index contributed by atoms with van der Waals surface area (Å²) in [6.07, 6.45) is 2.99. The Bertz CT molecular complexity index is 665. The van der Waals surface area contributed by atoms with Crippen LogP contribution in [0.15, 0.2) is 24.4 Å². The molecule has 0 unspecified atom stereocenters. The summed E-state index contributed by atoms with van der Waals surface area (Å²) >= 11 is 0. The highest BCUT2D eigenvalue weighted by molar-refractivity contribution is 5.86. The summed E-state index contributed by atoms with van der Waals surface area (Å²) in [4.78, 5) is 17.3. The predicted octanol–water partition coefficient (Wildman–Crippen LogP) is 2.45. The van der Waals surface area contributed by atoms with Crippen molar-refractivity contribution in [3.63, 3.8) is 0 Å². The summed E-state index contributed by atoms with van der Waals surface area (Å²) in [6, 6.07) is 6.26. The van der Waals surface area contributed by atoms with Gasteiger partial charge in [-0.1, -0.05) is 12.1 Å². The lowest BCUT2D eigenvalue weighted by Gasteiger charge is -2.31. The molecule has 118 valence electrons. The highest BCUT2D eigenvalue weighted by atomic mass is 16.5.